The molecule has 0 unspecified atom stereocenters. The lowest BCUT2D eigenvalue weighted by Gasteiger charge is -2.07. The van der Waals surface area contributed by atoms with Gasteiger partial charge in [-0.15, -0.1) is 6.58 Å². The third-order valence-corrected chi connectivity index (χ3v) is 3.59. The van der Waals surface area contributed by atoms with Crippen LogP contribution in [0.5, 0.6) is 0 Å². The Hall–Kier alpha value is -1.82. The summed E-state index contributed by atoms with van der Waals surface area (Å²) in [7, 11) is 0. The van der Waals surface area contributed by atoms with Crippen molar-refractivity contribution in [2.75, 3.05) is 0 Å². The van der Waals surface area contributed by atoms with Crippen LogP contribution in [0.3, 0.4) is 0 Å². The summed E-state index contributed by atoms with van der Waals surface area (Å²) >= 11 is 0. The molecule has 2 aromatic carbocycles. The summed E-state index contributed by atoms with van der Waals surface area (Å²) in [5.41, 5.74) is 6.70. The average molecular weight is 264 g/mol. The number of aryl methyl sites for hydroxylation is 2. The van der Waals surface area contributed by atoms with E-state index in [1.54, 1.807) is 0 Å². The smallest absolute Gasteiger partial charge is 0.0181 e. The molecule has 0 aromatic heterocycles. The van der Waals surface area contributed by atoms with Crippen molar-refractivity contribution >= 4 is 0 Å². The molecule has 104 valence electrons. The van der Waals surface area contributed by atoms with Crippen molar-refractivity contribution < 1.29 is 0 Å². The quantitative estimate of drug-likeness (QED) is 0.577. The van der Waals surface area contributed by atoms with E-state index in [0.29, 0.717) is 0 Å². The molecule has 0 fully saturated rings. The second-order valence-electron chi connectivity index (χ2n) is 5.60. The summed E-state index contributed by atoms with van der Waals surface area (Å²) in [6.07, 6.45) is 4.52. The largest absolute Gasteiger partial charge is 0.100 e. The van der Waals surface area contributed by atoms with Gasteiger partial charge in [-0.05, 0) is 48.4 Å². The van der Waals surface area contributed by atoms with Crippen molar-refractivity contribution in [3.05, 3.63) is 71.8 Å². The van der Waals surface area contributed by atoms with Crippen LogP contribution in [0, 0.1) is 0 Å². The van der Waals surface area contributed by atoms with E-state index in [9.17, 15) is 0 Å². The van der Waals surface area contributed by atoms with Gasteiger partial charge in [0.2, 0.25) is 0 Å². The third kappa shape index (κ3) is 4.09. The highest BCUT2D eigenvalue weighted by molar-refractivity contribution is 5.64. The third-order valence-electron chi connectivity index (χ3n) is 3.59. The molecule has 0 aliphatic carbocycles. The lowest BCUT2D eigenvalue weighted by molar-refractivity contribution is 0.922. The summed E-state index contributed by atoms with van der Waals surface area (Å²) < 4.78 is 0. The topological polar surface area (TPSA) is 0 Å². The lowest BCUT2D eigenvalue weighted by Crippen LogP contribution is -1.87. The molecule has 0 amide bonds. The maximum Gasteiger partial charge on any atom is -0.0181 e. The van der Waals surface area contributed by atoms with Crippen LogP contribution in [-0.4, -0.2) is 0 Å². The molecule has 2 aromatic rings. The minimum Gasteiger partial charge on any atom is -0.100 e. The van der Waals surface area contributed by atoms with Crippen molar-refractivity contribution in [3.8, 4) is 11.1 Å². The van der Waals surface area contributed by atoms with Gasteiger partial charge in [-0.25, -0.2) is 0 Å². The molecule has 0 saturated heterocycles. The van der Waals surface area contributed by atoms with E-state index in [-0.39, 0.29) is 0 Å². The fourth-order valence-corrected chi connectivity index (χ4v) is 2.42. The molecule has 0 aliphatic rings. The van der Waals surface area contributed by atoms with Crippen LogP contribution in [0.4, 0.5) is 0 Å². The fourth-order valence-electron chi connectivity index (χ4n) is 2.42. The minimum absolute atomic E-state index is 1.07. The normalized spacial score (nSPS) is 10.5. The molecule has 20 heavy (non-hydrogen) atoms. The molecule has 0 radical (unpaired) electrons. The van der Waals surface area contributed by atoms with Crippen LogP contribution in [0.1, 0.15) is 37.8 Å². The van der Waals surface area contributed by atoms with E-state index in [1.807, 2.05) is 0 Å². The highest BCUT2D eigenvalue weighted by Gasteiger charge is 2.00. The Labute approximate surface area is 123 Å². The van der Waals surface area contributed by atoms with Crippen molar-refractivity contribution in [2.45, 2.75) is 39.5 Å². The first-order chi connectivity index (χ1) is 9.69. The van der Waals surface area contributed by atoms with Crippen LogP contribution >= 0.6 is 0 Å². The maximum absolute atomic E-state index is 3.96. The van der Waals surface area contributed by atoms with Gasteiger partial charge in [0.05, 0.1) is 0 Å². The van der Waals surface area contributed by atoms with Gasteiger partial charge in [-0.3, -0.25) is 0 Å². The fraction of sp³-hybridized carbons (Fsp3) is 0.300. The summed E-state index contributed by atoms with van der Waals surface area (Å²) in [6, 6.07) is 17.8. The van der Waals surface area contributed by atoms with E-state index in [1.165, 1.54) is 34.2 Å². The van der Waals surface area contributed by atoms with Crippen molar-refractivity contribution in [3.63, 3.8) is 0 Å². The van der Waals surface area contributed by atoms with Crippen molar-refractivity contribution in [1.29, 1.82) is 0 Å². The van der Waals surface area contributed by atoms with E-state index >= 15 is 0 Å². The maximum atomic E-state index is 3.96. The molecular formula is C20H24. The Morgan fingerprint density at radius 1 is 0.900 bits per heavy atom. The average Bonchev–Trinajstić information content (AvgIpc) is 2.46. The second-order valence-corrected chi connectivity index (χ2v) is 5.60. The molecule has 0 aliphatic heterocycles. The standard InChI is InChI=1S/C20H24/c1-4-6-18-7-5-8-20(15-18)19-13-11-17(12-14-19)10-9-16(2)3/h5,7-8,11-15H,2,4,6,9-10H2,1,3H3. The van der Waals surface area contributed by atoms with E-state index in [4.69, 9.17) is 0 Å². The number of hydrogen-bond acceptors (Lipinski definition) is 0. The zero-order valence-corrected chi connectivity index (χ0v) is 12.7. The summed E-state index contributed by atoms with van der Waals surface area (Å²) in [6.45, 7) is 8.28. The Kier molecular flexibility index (Phi) is 5.17. The van der Waals surface area contributed by atoms with Crippen LogP contribution < -0.4 is 0 Å². The van der Waals surface area contributed by atoms with Gasteiger partial charge in [-0.1, -0.05) is 67.4 Å². The molecule has 0 heteroatoms. The first-order valence-corrected chi connectivity index (χ1v) is 7.51. The zero-order chi connectivity index (χ0) is 14.4. The van der Waals surface area contributed by atoms with Gasteiger partial charge in [0, 0.05) is 0 Å². The van der Waals surface area contributed by atoms with Gasteiger partial charge >= 0.3 is 0 Å². The number of hydrogen-bond donors (Lipinski definition) is 0. The van der Waals surface area contributed by atoms with E-state index < -0.39 is 0 Å². The predicted molar refractivity (Wildman–Crippen MR) is 89.0 cm³/mol. The number of rotatable bonds is 6. The van der Waals surface area contributed by atoms with Crippen molar-refractivity contribution in [1.82, 2.24) is 0 Å². The van der Waals surface area contributed by atoms with Gasteiger partial charge in [0.25, 0.3) is 0 Å². The molecule has 0 atom stereocenters. The molecule has 0 spiro atoms. The SMILES string of the molecule is C=C(C)CCc1ccc(-c2cccc(CCC)c2)cc1. The molecule has 0 bridgehead atoms. The van der Waals surface area contributed by atoms with Gasteiger partial charge in [0.15, 0.2) is 0 Å². The summed E-state index contributed by atoms with van der Waals surface area (Å²) in [4.78, 5) is 0. The Balaban J connectivity index is 2.13. The first-order valence-electron chi connectivity index (χ1n) is 7.51. The highest BCUT2D eigenvalue weighted by Crippen LogP contribution is 2.22. The van der Waals surface area contributed by atoms with E-state index in [0.717, 1.165) is 19.3 Å². The Bertz CT molecular complexity index is 561. The monoisotopic (exact) mass is 264 g/mol. The second kappa shape index (κ2) is 7.09. The van der Waals surface area contributed by atoms with Crippen molar-refractivity contribution in [2.24, 2.45) is 0 Å². The van der Waals surface area contributed by atoms with Gasteiger partial charge in [0.1, 0.15) is 0 Å². The Morgan fingerprint density at radius 3 is 2.30 bits per heavy atom. The summed E-state index contributed by atoms with van der Waals surface area (Å²) in [5.74, 6) is 0. The Morgan fingerprint density at radius 2 is 1.65 bits per heavy atom. The molecule has 2 rings (SSSR count). The van der Waals surface area contributed by atoms with Crippen LogP contribution in [0.2, 0.25) is 0 Å². The van der Waals surface area contributed by atoms with Crippen LogP contribution in [-0.2, 0) is 12.8 Å². The zero-order valence-electron chi connectivity index (χ0n) is 12.7. The molecular weight excluding hydrogens is 240 g/mol. The van der Waals surface area contributed by atoms with Crippen LogP contribution in [0.25, 0.3) is 11.1 Å². The summed E-state index contributed by atoms with van der Waals surface area (Å²) in [5, 5.41) is 0. The molecule has 0 N–H and O–H groups in total. The van der Waals surface area contributed by atoms with E-state index in [2.05, 4.69) is 69.0 Å². The first kappa shape index (κ1) is 14.6. The minimum atomic E-state index is 1.07. The van der Waals surface area contributed by atoms with Gasteiger partial charge < -0.3 is 0 Å². The van der Waals surface area contributed by atoms with Crippen LogP contribution in [0.15, 0.2) is 60.7 Å². The molecule has 0 saturated carbocycles. The van der Waals surface area contributed by atoms with Gasteiger partial charge in [-0.2, -0.15) is 0 Å². The highest BCUT2D eigenvalue weighted by atomic mass is 14.1. The number of allylic oxidation sites excluding steroid dienone is 1. The number of benzene rings is 2. The predicted octanol–water partition coefficient (Wildman–Crippen LogP) is 5.81. The lowest BCUT2D eigenvalue weighted by atomic mass is 9.99. The molecule has 0 nitrogen and oxygen atoms in total. The molecule has 0 heterocycles.